The number of hydrogen-bond acceptors (Lipinski definition) is 8. The van der Waals surface area contributed by atoms with Gasteiger partial charge in [0.2, 0.25) is 5.91 Å². The molecule has 2 aliphatic rings. The number of thioether (sulfide) groups is 1. The molecule has 216 valence electrons. The van der Waals surface area contributed by atoms with Crippen LogP contribution in [0.1, 0.15) is 36.1 Å². The van der Waals surface area contributed by atoms with E-state index in [0.29, 0.717) is 34.5 Å². The van der Waals surface area contributed by atoms with Crippen LogP contribution in [-0.4, -0.2) is 48.1 Å². The summed E-state index contributed by atoms with van der Waals surface area (Å²) < 4.78 is 16.9. The number of benzene rings is 3. The van der Waals surface area contributed by atoms with Crippen LogP contribution in [0.5, 0.6) is 11.5 Å². The first-order valence-electron chi connectivity index (χ1n) is 13.5. The molecule has 0 fully saturated rings. The van der Waals surface area contributed by atoms with Gasteiger partial charge < -0.3 is 24.0 Å². The smallest absolute Gasteiger partial charge is 0.338 e. The molecule has 5 rings (SSSR count). The van der Waals surface area contributed by atoms with Gasteiger partial charge in [-0.3, -0.25) is 4.79 Å². The Balaban J connectivity index is 1.46. The molecule has 0 radical (unpaired) electrons. The summed E-state index contributed by atoms with van der Waals surface area (Å²) in [4.78, 5) is 35.6. The zero-order valence-corrected chi connectivity index (χ0v) is 24.9. The molecule has 0 unspecified atom stereocenters. The molecule has 3 aromatic carbocycles. The van der Waals surface area contributed by atoms with Gasteiger partial charge in [-0.05, 0) is 41.2 Å². The van der Waals surface area contributed by atoms with Gasteiger partial charge in [-0.1, -0.05) is 78.5 Å². The maximum absolute atomic E-state index is 13.7. The van der Waals surface area contributed by atoms with Crippen molar-refractivity contribution in [3.05, 3.63) is 118 Å². The van der Waals surface area contributed by atoms with Gasteiger partial charge in [-0.15, -0.1) is 0 Å². The molecule has 0 saturated heterocycles. The Morgan fingerprint density at radius 2 is 1.60 bits per heavy atom. The number of amides is 1. The van der Waals surface area contributed by atoms with Gasteiger partial charge in [0.15, 0.2) is 16.7 Å². The molecule has 3 aromatic rings. The van der Waals surface area contributed by atoms with Gasteiger partial charge in [0.1, 0.15) is 6.61 Å². The average molecular weight is 584 g/mol. The standard InChI is InChI=1S/C33H33N3O5S/c1-22-30(32(38)41-20-24-13-9-6-10-14-24)31(25-15-16-27(39-3)28(17-25)40-4)36-26(21-42-33(36)34-22)18-29(37)35(2)19-23-11-7-5-8-12-23/h5-17,21,31H,18-20H2,1-4H3/t31-/m0/s1. The highest BCUT2D eigenvalue weighted by atomic mass is 32.2. The molecule has 0 bridgehead atoms. The monoisotopic (exact) mass is 583 g/mol. The van der Waals surface area contributed by atoms with Crippen molar-refractivity contribution < 1.29 is 23.8 Å². The molecule has 2 heterocycles. The molecule has 1 atom stereocenters. The van der Waals surface area contributed by atoms with Crippen molar-refractivity contribution in [1.82, 2.24) is 9.80 Å². The van der Waals surface area contributed by atoms with E-state index in [9.17, 15) is 9.59 Å². The predicted molar refractivity (Wildman–Crippen MR) is 164 cm³/mol. The minimum absolute atomic E-state index is 0.0440. The molecule has 2 aliphatic heterocycles. The van der Waals surface area contributed by atoms with Crippen molar-refractivity contribution in [2.75, 3.05) is 21.3 Å². The first-order chi connectivity index (χ1) is 20.4. The van der Waals surface area contributed by atoms with E-state index in [1.54, 1.807) is 26.2 Å². The van der Waals surface area contributed by atoms with Crippen LogP contribution >= 0.6 is 11.8 Å². The van der Waals surface area contributed by atoms with E-state index in [0.717, 1.165) is 22.4 Å². The van der Waals surface area contributed by atoms with Crippen molar-refractivity contribution in [2.45, 2.75) is 32.5 Å². The summed E-state index contributed by atoms with van der Waals surface area (Å²) in [6.07, 6.45) is 0.143. The fraction of sp³-hybridized carbons (Fsp3) is 0.242. The number of nitrogens with zero attached hydrogens (tertiary/aromatic N) is 3. The number of carbonyl (C=O) groups excluding carboxylic acids is 2. The maximum atomic E-state index is 13.7. The number of fused-ring (bicyclic) bond motifs is 1. The summed E-state index contributed by atoms with van der Waals surface area (Å²) in [7, 11) is 4.95. The molecule has 0 spiro atoms. The zero-order valence-electron chi connectivity index (χ0n) is 24.1. The molecule has 42 heavy (non-hydrogen) atoms. The van der Waals surface area contributed by atoms with Crippen molar-refractivity contribution in [2.24, 2.45) is 4.99 Å². The van der Waals surface area contributed by atoms with Gasteiger partial charge >= 0.3 is 5.97 Å². The molecule has 0 N–H and O–H groups in total. The Morgan fingerprint density at radius 1 is 0.929 bits per heavy atom. The SMILES string of the molecule is COc1ccc([C@H]2C(C(=O)OCc3ccccc3)=C(C)N=C3SC=C(CC(=O)N(C)Cc4ccccc4)N32)cc1OC. The lowest BCUT2D eigenvalue weighted by atomic mass is 9.93. The van der Waals surface area contributed by atoms with Crippen LogP contribution in [0, 0.1) is 0 Å². The largest absolute Gasteiger partial charge is 0.493 e. The van der Waals surface area contributed by atoms with Crippen LogP contribution < -0.4 is 9.47 Å². The highest BCUT2D eigenvalue weighted by molar-refractivity contribution is 8.16. The van der Waals surface area contributed by atoms with Gasteiger partial charge in [-0.2, -0.15) is 0 Å². The minimum Gasteiger partial charge on any atom is -0.493 e. The Kier molecular flexibility index (Phi) is 8.97. The van der Waals surface area contributed by atoms with Gasteiger partial charge in [-0.25, -0.2) is 9.79 Å². The quantitative estimate of drug-likeness (QED) is 0.268. The third kappa shape index (κ3) is 6.21. The summed E-state index contributed by atoms with van der Waals surface area (Å²) in [5.74, 6) is 0.592. The van der Waals surface area contributed by atoms with E-state index in [2.05, 4.69) is 0 Å². The zero-order chi connectivity index (χ0) is 29.6. The lowest BCUT2D eigenvalue weighted by molar-refractivity contribution is -0.141. The van der Waals surface area contributed by atoms with Crippen LogP contribution in [0.25, 0.3) is 0 Å². The number of ether oxygens (including phenoxy) is 3. The third-order valence-corrected chi connectivity index (χ3v) is 8.07. The van der Waals surface area contributed by atoms with E-state index in [4.69, 9.17) is 19.2 Å². The topological polar surface area (TPSA) is 80.7 Å². The van der Waals surface area contributed by atoms with Gasteiger partial charge in [0.25, 0.3) is 0 Å². The minimum atomic E-state index is -0.589. The summed E-state index contributed by atoms with van der Waals surface area (Å²) >= 11 is 1.44. The molecular weight excluding hydrogens is 550 g/mol. The number of amidine groups is 1. The molecule has 0 aromatic heterocycles. The summed E-state index contributed by atoms with van der Waals surface area (Å²) in [5, 5.41) is 2.63. The number of allylic oxidation sites excluding steroid dienone is 1. The highest BCUT2D eigenvalue weighted by Crippen LogP contribution is 2.46. The maximum Gasteiger partial charge on any atom is 0.338 e. The van der Waals surface area contributed by atoms with Crippen LogP contribution in [0.4, 0.5) is 0 Å². The lowest BCUT2D eigenvalue weighted by Crippen LogP contribution is -2.38. The lowest BCUT2D eigenvalue weighted by Gasteiger charge is -2.36. The van der Waals surface area contributed by atoms with Gasteiger partial charge in [0.05, 0.1) is 38.0 Å². The Labute approximate surface area is 250 Å². The van der Waals surface area contributed by atoms with Crippen LogP contribution in [-0.2, 0) is 27.5 Å². The Hall–Kier alpha value is -4.50. The number of methoxy groups -OCH3 is 2. The number of esters is 1. The summed E-state index contributed by atoms with van der Waals surface area (Å²) in [6.45, 7) is 2.44. The number of rotatable bonds is 10. The predicted octanol–water partition coefficient (Wildman–Crippen LogP) is 6.07. The first-order valence-corrected chi connectivity index (χ1v) is 14.4. The van der Waals surface area contributed by atoms with Crippen molar-refractivity contribution in [3.63, 3.8) is 0 Å². The summed E-state index contributed by atoms with van der Waals surface area (Å²) in [6, 6.07) is 24.4. The second-order valence-electron chi connectivity index (χ2n) is 9.98. The molecule has 0 aliphatic carbocycles. The second-order valence-corrected chi connectivity index (χ2v) is 10.8. The highest BCUT2D eigenvalue weighted by Gasteiger charge is 2.41. The van der Waals surface area contributed by atoms with Crippen molar-refractivity contribution >= 4 is 28.8 Å². The van der Waals surface area contributed by atoms with Crippen molar-refractivity contribution in [3.8, 4) is 11.5 Å². The molecular formula is C33H33N3O5S. The van der Waals surface area contributed by atoms with E-state index >= 15 is 0 Å². The van der Waals surface area contributed by atoms with Gasteiger partial charge in [0, 0.05) is 19.3 Å². The van der Waals surface area contributed by atoms with Crippen LogP contribution in [0.15, 0.2) is 106 Å². The molecule has 9 heteroatoms. The number of carbonyl (C=O) groups is 2. The Morgan fingerprint density at radius 3 is 2.26 bits per heavy atom. The number of hydrogen-bond donors (Lipinski definition) is 0. The fourth-order valence-electron chi connectivity index (χ4n) is 5.01. The molecule has 8 nitrogen and oxygen atoms in total. The third-order valence-electron chi connectivity index (χ3n) is 7.18. The number of aliphatic imine (C=N–C) groups is 1. The Bertz CT molecular complexity index is 1550. The summed E-state index contributed by atoms with van der Waals surface area (Å²) in [5.41, 5.74) is 4.44. The van der Waals surface area contributed by atoms with Crippen molar-refractivity contribution in [1.29, 1.82) is 0 Å². The first kappa shape index (κ1) is 29.0. The normalized spacial score (nSPS) is 15.9. The van der Waals surface area contributed by atoms with Crippen LogP contribution in [0.2, 0.25) is 0 Å². The fourth-order valence-corrected chi connectivity index (χ4v) is 5.97. The molecule has 1 amide bonds. The second kappa shape index (κ2) is 13.0. The molecule has 0 saturated carbocycles. The van der Waals surface area contributed by atoms with E-state index in [1.165, 1.54) is 11.8 Å². The van der Waals surface area contributed by atoms with E-state index in [1.807, 2.05) is 96.1 Å². The van der Waals surface area contributed by atoms with E-state index in [-0.39, 0.29) is 18.9 Å². The van der Waals surface area contributed by atoms with E-state index < -0.39 is 12.0 Å². The van der Waals surface area contributed by atoms with Crippen LogP contribution in [0.3, 0.4) is 0 Å². The average Bonchev–Trinajstić information content (AvgIpc) is 3.41.